The van der Waals surface area contributed by atoms with Gasteiger partial charge in [-0.1, -0.05) is 0 Å². The summed E-state index contributed by atoms with van der Waals surface area (Å²) in [6, 6.07) is 0.0538. The Hall–Kier alpha value is -1.14. The van der Waals surface area contributed by atoms with Gasteiger partial charge in [0.1, 0.15) is 0 Å². The average Bonchev–Trinajstić information content (AvgIpc) is 2.14. The van der Waals surface area contributed by atoms with E-state index in [0.717, 1.165) is 25.9 Å². The number of ether oxygens (including phenoxy) is 1. The maximum Gasteiger partial charge on any atom is 0.324 e. The average molecular weight is 242 g/mol. The van der Waals surface area contributed by atoms with Crippen LogP contribution < -0.4 is 5.32 Å². The highest BCUT2D eigenvalue weighted by molar-refractivity contribution is 6.03. The molecule has 0 radical (unpaired) electrons. The van der Waals surface area contributed by atoms with E-state index in [2.05, 4.69) is 10.2 Å². The predicted octanol–water partition coefficient (Wildman–Crippen LogP) is -0.702. The Morgan fingerprint density at radius 1 is 1.47 bits per heavy atom. The summed E-state index contributed by atoms with van der Waals surface area (Å²) < 4.78 is 4.88. The van der Waals surface area contributed by atoms with E-state index in [4.69, 9.17) is 9.84 Å². The topological polar surface area (TPSA) is 78.9 Å². The highest BCUT2D eigenvalue weighted by atomic mass is 16.5. The van der Waals surface area contributed by atoms with Crippen LogP contribution in [0.5, 0.6) is 0 Å². The molecule has 2 heterocycles. The number of likely N-dealkylation sites (N-methyl/N-ethyl adjacent to an activating group) is 1. The molecule has 0 aliphatic carbocycles. The van der Waals surface area contributed by atoms with Crippen LogP contribution in [0.1, 0.15) is 12.8 Å². The molecular formula is C11H18N2O4. The summed E-state index contributed by atoms with van der Waals surface area (Å²) in [5, 5.41) is 11.9. The number of likely N-dealkylation sites (tertiary alicyclic amines) is 1. The van der Waals surface area contributed by atoms with Crippen LogP contribution >= 0.6 is 0 Å². The van der Waals surface area contributed by atoms with Crippen molar-refractivity contribution in [3.63, 3.8) is 0 Å². The standard InChI is InChI=1S/C11H18N2O4/c1-13-4-2-3-8(5-13)12-9(14)11(10(15)16)6-17-7-11/h8H,2-7H2,1H3,(H,12,14)(H,15,16). The van der Waals surface area contributed by atoms with Gasteiger partial charge in [0.05, 0.1) is 13.2 Å². The van der Waals surface area contributed by atoms with E-state index < -0.39 is 17.3 Å². The van der Waals surface area contributed by atoms with Gasteiger partial charge in [0.25, 0.3) is 0 Å². The number of rotatable bonds is 3. The van der Waals surface area contributed by atoms with E-state index in [1.165, 1.54) is 0 Å². The molecular weight excluding hydrogens is 224 g/mol. The maximum absolute atomic E-state index is 12.0. The van der Waals surface area contributed by atoms with Crippen LogP contribution in [0.4, 0.5) is 0 Å². The number of aliphatic carboxylic acids is 1. The lowest BCUT2D eigenvalue weighted by atomic mass is 9.84. The number of amides is 1. The molecule has 0 saturated carbocycles. The number of nitrogens with zero attached hydrogens (tertiary/aromatic N) is 1. The molecule has 1 atom stereocenters. The first-order valence-corrected chi connectivity index (χ1v) is 5.85. The number of hydrogen-bond acceptors (Lipinski definition) is 4. The van der Waals surface area contributed by atoms with Gasteiger partial charge < -0.3 is 20.1 Å². The fourth-order valence-electron chi connectivity index (χ4n) is 2.27. The zero-order chi connectivity index (χ0) is 12.5. The number of carboxylic acids is 1. The molecule has 1 unspecified atom stereocenters. The predicted molar refractivity (Wildman–Crippen MR) is 59.5 cm³/mol. The summed E-state index contributed by atoms with van der Waals surface area (Å²) in [6.45, 7) is 1.77. The number of piperidine rings is 1. The van der Waals surface area contributed by atoms with Gasteiger partial charge in [0.2, 0.25) is 5.91 Å². The van der Waals surface area contributed by atoms with Crippen LogP contribution in [0.25, 0.3) is 0 Å². The second-order valence-electron chi connectivity index (χ2n) is 4.95. The Labute approximate surface area is 99.9 Å². The van der Waals surface area contributed by atoms with Crippen LogP contribution in [-0.4, -0.2) is 61.3 Å². The van der Waals surface area contributed by atoms with Crippen molar-refractivity contribution in [2.45, 2.75) is 18.9 Å². The zero-order valence-electron chi connectivity index (χ0n) is 9.94. The summed E-state index contributed by atoms with van der Waals surface area (Å²) in [5.74, 6) is -1.50. The van der Waals surface area contributed by atoms with Crippen molar-refractivity contribution < 1.29 is 19.4 Å². The molecule has 1 amide bonds. The third kappa shape index (κ3) is 2.28. The summed E-state index contributed by atoms with van der Waals surface area (Å²) in [4.78, 5) is 25.2. The second-order valence-corrected chi connectivity index (χ2v) is 4.95. The van der Waals surface area contributed by atoms with Gasteiger partial charge in [0, 0.05) is 12.6 Å². The Bertz CT molecular complexity index is 327. The summed E-state index contributed by atoms with van der Waals surface area (Å²) >= 11 is 0. The van der Waals surface area contributed by atoms with Gasteiger partial charge in [-0.2, -0.15) is 0 Å². The van der Waals surface area contributed by atoms with Crippen LogP contribution in [0, 0.1) is 5.41 Å². The number of carbonyl (C=O) groups excluding carboxylic acids is 1. The SMILES string of the molecule is CN1CCCC(NC(=O)C2(C(=O)O)COC2)C1. The highest BCUT2D eigenvalue weighted by Crippen LogP contribution is 2.28. The van der Waals surface area contributed by atoms with Gasteiger partial charge in [0.15, 0.2) is 5.41 Å². The summed E-state index contributed by atoms with van der Waals surface area (Å²) in [7, 11) is 2.00. The molecule has 0 bridgehead atoms. The molecule has 6 nitrogen and oxygen atoms in total. The molecule has 6 heteroatoms. The molecule has 0 aromatic rings. The van der Waals surface area contributed by atoms with E-state index in [1.54, 1.807) is 0 Å². The van der Waals surface area contributed by atoms with E-state index in [9.17, 15) is 9.59 Å². The van der Waals surface area contributed by atoms with Crippen molar-refractivity contribution in [2.75, 3.05) is 33.4 Å². The molecule has 2 N–H and O–H groups in total. The fraction of sp³-hybridized carbons (Fsp3) is 0.818. The lowest BCUT2D eigenvalue weighted by Gasteiger charge is -2.38. The normalized spacial score (nSPS) is 28.2. The Morgan fingerprint density at radius 3 is 2.65 bits per heavy atom. The van der Waals surface area contributed by atoms with Crippen molar-refractivity contribution >= 4 is 11.9 Å². The Balaban J connectivity index is 1.94. The van der Waals surface area contributed by atoms with Crippen LogP contribution in [0.15, 0.2) is 0 Å². The van der Waals surface area contributed by atoms with Crippen molar-refractivity contribution in [2.24, 2.45) is 5.41 Å². The monoisotopic (exact) mass is 242 g/mol. The molecule has 96 valence electrons. The lowest BCUT2D eigenvalue weighted by Crippen LogP contribution is -2.61. The number of carbonyl (C=O) groups is 2. The van der Waals surface area contributed by atoms with Crippen molar-refractivity contribution in [3.8, 4) is 0 Å². The first-order valence-electron chi connectivity index (χ1n) is 5.85. The van der Waals surface area contributed by atoms with Crippen LogP contribution in [0.2, 0.25) is 0 Å². The number of nitrogens with one attached hydrogen (secondary N) is 1. The maximum atomic E-state index is 12.0. The third-order valence-corrected chi connectivity index (χ3v) is 3.50. The van der Waals surface area contributed by atoms with E-state index in [0.29, 0.717) is 0 Å². The van der Waals surface area contributed by atoms with Gasteiger partial charge in [-0.15, -0.1) is 0 Å². The molecule has 2 fully saturated rings. The van der Waals surface area contributed by atoms with Gasteiger partial charge in [-0.3, -0.25) is 9.59 Å². The van der Waals surface area contributed by atoms with Crippen molar-refractivity contribution in [1.82, 2.24) is 10.2 Å². The Kier molecular flexibility index (Phi) is 3.35. The zero-order valence-corrected chi connectivity index (χ0v) is 9.94. The minimum atomic E-state index is -1.35. The third-order valence-electron chi connectivity index (χ3n) is 3.50. The molecule has 2 aliphatic rings. The van der Waals surface area contributed by atoms with E-state index in [-0.39, 0.29) is 19.3 Å². The quantitative estimate of drug-likeness (QED) is 0.640. The van der Waals surface area contributed by atoms with E-state index in [1.807, 2.05) is 7.05 Å². The van der Waals surface area contributed by atoms with E-state index >= 15 is 0 Å². The van der Waals surface area contributed by atoms with Gasteiger partial charge >= 0.3 is 5.97 Å². The first-order chi connectivity index (χ1) is 8.04. The number of hydrogen-bond donors (Lipinski definition) is 2. The molecule has 2 rings (SSSR count). The molecule has 2 aliphatic heterocycles. The van der Waals surface area contributed by atoms with Crippen LogP contribution in [0.3, 0.4) is 0 Å². The lowest BCUT2D eigenvalue weighted by molar-refractivity contribution is -0.185. The van der Waals surface area contributed by atoms with Crippen molar-refractivity contribution in [3.05, 3.63) is 0 Å². The molecule has 17 heavy (non-hydrogen) atoms. The Morgan fingerprint density at radius 2 is 2.18 bits per heavy atom. The summed E-state index contributed by atoms with van der Waals surface area (Å²) in [5.41, 5.74) is -1.35. The van der Waals surface area contributed by atoms with Gasteiger partial charge in [-0.25, -0.2) is 0 Å². The smallest absolute Gasteiger partial charge is 0.324 e. The molecule has 0 spiro atoms. The highest BCUT2D eigenvalue weighted by Gasteiger charge is 2.53. The minimum absolute atomic E-state index is 0.0171. The number of carboxylic acid groups (broad SMARTS) is 1. The minimum Gasteiger partial charge on any atom is -0.480 e. The van der Waals surface area contributed by atoms with Crippen molar-refractivity contribution in [1.29, 1.82) is 0 Å². The van der Waals surface area contributed by atoms with Gasteiger partial charge in [-0.05, 0) is 26.4 Å². The molecule has 2 saturated heterocycles. The van der Waals surface area contributed by atoms with Crippen LogP contribution in [-0.2, 0) is 14.3 Å². The second kappa shape index (κ2) is 4.62. The molecule has 0 aromatic heterocycles. The largest absolute Gasteiger partial charge is 0.480 e. The fourth-order valence-corrected chi connectivity index (χ4v) is 2.27. The molecule has 0 aromatic carbocycles. The summed E-state index contributed by atoms with van der Waals surface area (Å²) in [6.07, 6.45) is 1.94. The first kappa shape index (κ1) is 12.3.